The van der Waals surface area contributed by atoms with Crippen LogP contribution in [0.5, 0.6) is 11.5 Å². The first-order chi connectivity index (χ1) is 25.0. The van der Waals surface area contributed by atoms with Gasteiger partial charge >= 0.3 is 5.97 Å². The highest BCUT2D eigenvalue weighted by atomic mass is 79.9. The molecule has 0 unspecified atom stereocenters. The molecule has 15 heteroatoms. The van der Waals surface area contributed by atoms with E-state index in [1.54, 1.807) is 6.07 Å². The smallest absolute Gasteiger partial charge is 0.323 e. The normalized spacial score (nSPS) is 15.2. The number of β-amino-alcohol motifs (C(OH)–C–C–N with tert-alkyl or cyclic N) is 1. The van der Waals surface area contributed by atoms with E-state index in [2.05, 4.69) is 38.3 Å². The second kappa shape index (κ2) is 18.6. The maximum absolute atomic E-state index is 12.3. The number of rotatable bonds is 20. The van der Waals surface area contributed by atoms with Crippen molar-refractivity contribution in [1.29, 1.82) is 0 Å². The molecule has 4 aromatic rings. The Labute approximate surface area is 314 Å². The molecule has 5 rings (SSSR count). The number of ketones is 1. The van der Waals surface area contributed by atoms with Gasteiger partial charge in [-0.2, -0.15) is 5.10 Å². The Morgan fingerprint density at radius 3 is 2.54 bits per heavy atom. The molecule has 278 valence electrons. The van der Waals surface area contributed by atoms with Crippen molar-refractivity contribution in [2.75, 3.05) is 32.8 Å². The second-order valence-electron chi connectivity index (χ2n) is 12.8. The molecule has 1 saturated heterocycles. The highest BCUT2D eigenvalue weighted by Crippen LogP contribution is 2.38. The van der Waals surface area contributed by atoms with Crippen molar-refractivity contribution in [3.8, 4) is 22.6 Å². The summed E-state index contributed by atoms with van der Waals surface area (Å²) in [5.41, 5.74) is 9.44. The molecule has 2 heterocycles. The summed E-state index contributed by atoms with van der Waals surface area (Å²) in [6.07, 6.45) is 4.35. The fourth-order valence-corrected chi connectivity index (χ4v) is 6.93. The summed E-state index contributed by atoms with van der Waals surface area (Å²) in [7, 11) is 0. The topological polar surface area (TPSA) is 189 Å². The van der Waals surface area contributed by atoms with Gasteiger partial charge in [0, 0.05) is 66.1 Å². The van der Waals surface area contributed by atoms with Crippen LogP contribution in [0.4, 0.5) is 0 Å². The highest BCUT2D eigenvalue weighted by Gasteiger charge is 2.21. The first-order valence-electron chi connectivity index (χ1n) is 17.1. The van der Waals surface area contributed by atoms with Gasteiger partial charge in [-0.05, 0) is 65.0 Å². The molecule has 0 radical (unpaired) electrons. The van der Waals surface area contributed by atoms with Gasteiger partial charge in [0.25, 0.3) is 0 Å². The standard InChI is InChI=1S/C37H43BrClN5O8/c38-36-23(5-3-7-28(36)27-6-4-8-32-29(27)18-42-44(32)13-2-1-12-43-14-11-25(46)19-43)21-51-34-16-33(52-22-26(47)9-10-35(40)48)24(15-30(34)39)17-41-31(20-45)37(49)50/h3-8,15-16,18,25,31,41,45-46H,1-2,9-14,17,19-22H2,(H2,40,48)(H,49,50)/t25-,31+/m1/s1. The van der Waals surface area contributed by atoms with Crippen LogP contribution in [0.1, 0.15) is 43.2 Å². The molecular weight excluding hydrogens is 758 g/mol. The first kappa shape index (κ1) is 39.2. The maximum Gasteiger partial charge on any atom is 0.323 e. The molecule has 0 saturated carbocycles. The molecule has 13 nitrogen and oxygen atoms in total. The number of nitrogens with zero attached hydrogens (tertiary/aromatic N) is 3. The minimum Gasteiger partial charge on any atom is -0.487 e. The van der Waals surface area contributed by atoms with E-state index in [9.17, 15) is 29.7 Å². The van der Waals surface area contributed by atoms with Gasteiger partial charge in [0.1, 0.15) is 30.8 Å². The Hall–Kier alpha value is -4.05. The van der Waals surface area contributed by atoms with Crippen molar-refractivity contribution >= 4 is 56.1 Å². The van der Waals surface area contributed by atoms with Crippen LogP contribution in [0.15, 0.2) is 59.2 Å². The van der Waals surface area contributed by atoms with E-state index < -0.39 is 24.5 Å². The number of nitrogens with two attached hydrogens (primary N) is 1. The number of aryl methyl sites for hydroxylation is 1. The van der Waals surface area contributed by atoms with E-state index >= 15 is 0 Å². The van der Waals surface area contributed by atoms with Crippen molar-refractivity contribution in [2.24, 2.45) is 5.73 Å². The Morgan fingerprint density at radius 2 is 1.81 bits per heavy atom. The Morgan fingerprint density at radius 1 is 1.04 bits per heavy atom. The van der Waals surface area contributed by atoms with E-state index in [-0.39, 0.29) is 61.0 Å². The zero-order chi connectivity index (χ0) is 37.2. The third kappa shape index (κ3) is 10.3. The number of aromatic nitrogens is 2. The van der Waals surface area contributed by atoms with Crippen LogP contribution in [0.2, 0.25) is 5.02 Å². The highest BCUT2D eigenvalue weighted by molar-refractivity contribution is 9.10. The van der Waals surface area contributed by atoms with Gasteiger partial charge in [-0.3, -0.25) is 24.4 Å². The average molecular weight is 801 g/mol. The van der Waals surface area contributed by atoms with Gasteiger partial charge < -0.3 is 35.4 Å². The first-order valence-corrected chi connectivity index (χ1v) is 18.3. The van der Waals surface area contributed by atoms with Crippen molar-refractivity contribution < 1.29 is 39.2 Å². The van der Waals surface area contributed by atoms with Gasteiger partial charge in [0.15, 0.2) is 5.78 Å². The zero-order valence-corrected chi connectivity index (χ0v) is 30.9. The molecule has 0 spiro atoms. The van der Waals surface area contributed by atoms with Gasteiger partial charge in [0.05, 0.1) is 29.4 Å². The quantitative estimate of drug-likeness (QED) is 0.0803. The van der Waals surface area contributed by atoms with E-state index in [0.29, 0.717) is 5.56 Å². The maximum atomic E-state index is 12.3. The molecule has 1 aliphatic rings. The number of hydrogen-bond acceptors (Lipinski definition) is 10. The van der Waals surface area contributed by atoms with Crippen LogP contribution in [0.3, 0.4) is 0 Å². The summed E-state index contributed by atoms with van der Waals surface area (Å²) in [5, 5.41) is 37.2. The van der Waals surface area contributed by atoms with E-state index in [1.807, 2.05) is 35.1 Å². The Kier molecular flexibility index (Phi) is 14.0. The number of aliphatic carboxylic acids is 1. The van der Waals surface area contributed by atoms with Gasteiger partial charge in [-0.1, -0.05) is 41.9 Å². The SMILES string of the molecule is NC(=O)CCC(=O)COc1cc(OCc2cccc(-c3cccc4c3cnn4CCCCN3CC[C@@H](O)C3)c2Br)c(Cl)cc1CN[C@@H](CO)C(=O)O. The van der Waals surface area contributed by atoms with Crippen molar-refractivity contribution in [3.63, 3.8) is 0 Å². The number of amides is 1. The van der Waals surface area contributed by atoms with Crippen LogP contribution < -0.4 is 20.5 Å². The summed E-state index contributed by atoms with van der Waals surface area (Å²) >= 11 is 10.4. The molecule has 52 heavy (non-hydrogen) atoms. The number of carbonyl (C=O) groups is 3. The zero-order valence-electron chi connectivity index (χ0n) is 28.6. The van der Waals surface area contributed by atoms with Crippen LogP contribution in [-0.4, -0.2) is 92.7 Å². The number of unbranched alkanes of at least 4 members (excludes halogenated alkanes) is 1. The largest absolute Gasteiger partial charge is 0.487 e. The third-order valence-electron chi connectivity index (χ3n) is 8.95. The number of carboxylic acids is 1. The van der Waals surface area contributed by atoms with Crippen LogP contribution in [0.25, 0.3) is 22.0 Å². The number of nitrogens with one attached hydrogen (secondary N) is 1. The number of likely N-dealkylation sites (tertiary alicyclic amines) is 1. The lowest BCUT2D eigenvalue weighted by Crippen LogP contribution is -2.39. The molecule has 1 fully saturated rings. The number of Topliss-reactive ketones (excluding diaryl/α,β-unsaturated/α-hetero) is 1. The fraction of sp³-hybridized carbons (Fsp3) is 0.405. The predicted octanol–water partition coefficient (Wildman–Crippen LogP) is 4.29. The summed E-state index contributed by atoms with van der Waals surface area (Å²) in [4.78, 5) is 37.2. The number of hydrogen-bond donors (Lipinski definition) is 5. The number of aliphatic hydroxyl groups is 2. The predicted molar refractivity (Wildman–Crippen MR) is 199 cm³/mol. The molecule has 1 aromatic heterocycles. The van der Waals surface area contributed by atoms with E-state index in [0.717, 1.165) is 77.5 Å². The molecule has 2 atom stereocenters. The van der Waals surface area contributed by atoms with Gasteiger partial charge in [0.2, 0.25) is 5.91 Å². The Balaban J connectivity index is 1.30. The van der Waals surface area contributed by atoms with Crippen molar-refractivity contribution in [1.82, 2.24) is 20.0 Å². The van der Waals surface area contributed by atoms with E-state index in [4.69, 9.17) is 31.9 Å². The van der Waals surface area contributed by atoms with Crippen LogP contribution >= 0.6 is 27.5 Å². The van der Waals surface area contributed by atoms with Crippen molar-refractivity contribution in [3.05, 3.63) is 75.4 Å². The Bertz CT molecular complexity index is 1890. The second-order valence-corrected chi connectivity index (χ2v) is 14.0. The molecule has 6 N–H and O–H groups in total. The lowest BCUT2D eigenvalue weighted by atomic mass is 10.00. The number of ether oxygens (including phenoxy) is 2. The van der Waals surface area contributed by atoms with Crippen LogP contribution in [-0.2, 0) is 34.1 Å². The summed E-state index contributed by atoms with van der Waals surface area (Å²) in [6, 6.07) is 13.9. The molecule has 3 aromatic carbocycles. The number of carboxylic acid groups (broad SMARTS) is 1. The molecular formula is C37H43BrClN5O8. The van der Waals surface area contributed by atoms with Crippen molar-refractivity contribution in [2.45, 2.75) is 63.9 Å². The average Bonchev–Trinajstić information content (AvgIpc) is 3.74. The van der Waals surface area contributed by atoms with Gasteiger partial charge in [-0.25, -0.2) is 0 Å². The number of fused-ring (bicyclic) bond motifs is 1. The summed E-state index contributed by atoms with van der Waals surface area (Å²) in [5.74, 6) is -1.71. The number of carbonyl (C=O) groups excluding carboxylic acids is 2. The lowest BCUT2D eigenvalue weighted by Gasteiger charge is -2.18. The van der Waals surface area contributed by atoms with Crippen LogP contribution in [0, 0.1) is 0 Å². The number of halogens is 2. The monoisotopic (exact) mass is 799 g/mol. The number of primary amides is 1. The number of aliphatic hydroxyl groups excluding tert-OH is 2. The molecule has 0 aliphatic carbocycles. The molecule has 0 bridgehead atoms. The summed E-state index contributed by atoms with van der Waals surface area (Å²) in [6.45, 7) is 2.56. The fourth-order valence-electron chi connectivity index (χ4n) is 6.10. The minimum atomic E-state index is -1.23. The third-order valence-corrected chi connectivity index (χ3v) is 10.2. The van der Waals surface area contributed by atoms with Gasteiger partial charge in [-0.15, -0.1) is 0 Å². The minimum absolute atomic E-state index is 0.0400. The molecule has 1 aliphatic heterocycles. The summed E-state index contributed by atoms with van der Waals surface area (Å²) < 4.78 is 14.8. The molecule has 1 amide bonds. The van der Waals surface area contributed by atoms with E-state index in [1.165, 1.54) is 6.07 Å². The number of benzene rings is 3. The lowest BCUT2D eigenvalue weighted by molar-refractivity contribution is -0.140.